The lowest BCUT2D eigenvalue weighted by Gasteiger charge is -2.19. The van der Waals surface area contributed by atoms with E-state index in [0.717, 1.165) is 47.0 Å². The average Bonchev–Trinajstić information content (AvgIpc) is 2.49. The lowest BCUT2D eigenvalue weighted by atomic mass is 9.88. The zero-order valence-corrected chi connectivity index (χ0v) is 14.0. The van der Waals surface area contributed by atoms with Crippen molar-refractivity contribution in [1.82, 2.24) is 4.98 Å². The smallest absolute Gasteiger partial charge is 0.142 e. The highest BCUT2D eigenvalue weighted by Gasteiger charge is 2.20. The number of nitriles is 1. The van der Waals surface area contributed by atoms with E-state index in [-0.39, 0.29) is 0 Å². The van der Waals surface area contributed by atoms with Crippen molar-refractivity contribution in [2.75, 3.05) is 5.73 Å². The summed E-state index contributed by atoms with van der Waals surface area (Å²) < 4.78 is 1.03. The molecule has 0 radical (unpaired) electrons. The third kappa shape index (κ3) is 2.86. The van der Waals surface area contributed by atoms with Gasteiger partial charge >= 0.3 is 0 Å². The second-order valence-corrected chi connectivity index (χ2v) is 6.62. The number of fused-ring (bicyclic) bond motifs is 1. The van der Waals surface area contributed by atoms with Crippen molar-refractivity contribution in [1.29, 1.82) is 5.26 Å². The van der Waals surface area contributed by atoms with Crippen molar-refractivity contribution in [3.05, 3.63) is 45.6 Å². The van der Waals surface area contributed by atoms with Gasteiger partial charge in [-0.05, 0) is 48.9 Å². The third-order valence-corrected chi connectivity index (χ3v) is 4.78. The van der Waals surface area contributed by atoms with E-state index in [9.17, 15) is 5.26 Å². The van der Waals surface area contributed by atoms with Gasteiger partial charge in [0.15, 0.2) is 0 Å². The minimum Gasteiger partial charge on any atom is -0.383 e. The number of halogens is 1. The molecule has 1 heterocycles. The monoisotopic (exact) mass is 355 g/mol. The largest absolute Gasteiger partial charge is 0.383 e. The number of nitrogens with two attached hydrogens (primary N) is 1. The SMILES string of the molecule is N#Cc1c(N)nc2c(c1-c1ccc(Br)cc1)CCCCCC2. The van der Waals surface area contributed by atoms with Crippen LogP contribution in [0.1, 0.15) is 42.5 Å². The number of aromatic nitrogens is 1. The molecule has 0 saturated heterocycles. The van der Waals surface area contributed by atoms with Crippen molar-refractivity contribution in [3.8, 4) is 17.2 Å². The molecule has 1 aromatic carbocycles. The molecule has 1 aromatic heterocycles. The van der Waals surface area contributed by atoms with Crippen LogP contribution in [0.5, 0.6) is 0 Å². The van der Waals surface area contributed by atoms with Gasteiger partial charge in [0.1, 0.15) is 17.5 Å². The summed E-state index contributed by atoms with van der Waals surface area (Å²) in [6.45, 7) is 0. The van der Waals surface area contributed by atoms with Crippen LogP contribution in [0.4, 0.5) is 5.82 Å². The molecule has 4 heteroatoms. The van der Waals surface area contributed by atoms with E-state index in [1.807, 2.05) is 24.3 Å². The van der Waals surface area contributed by atoms with Crippen LogP contribution in [-0.4, -0.2) is 4.98 Å². The average molecular weight is 356 g/mol. The molecule has 0 bridgehead atoms. The van der Waals surface area contributed by atoms with E-state index in [1.165, 1.54) is 18.4 Å². The molecule has 0 saturated carbocycles. The Morgan fingerprint density at radius 3 is 2.41 bits per heavy atom. The van der Waals surface area contributed by atoms with Crippen LogP contribution in [0.15, 0.2) is 28.7 Å². The molecule has 3 rings (SSSR count). The van der Waals surface area contributed by atoms with Crippen LogP contribution in [0.3, 0.4) is 0 Å². The summed E-state index contributed by atoms with van der Waals surface area (Å²) in [6.07, 6.45) is 6.70. The number of nitrogen functional groups attached to an aromatic ring is 1. The standard InChI is InChI=1S/C18H18BrN3/c19-13-9-7-12(8-10-13)17-14-5-3-1-2-4-6-16(14)22-18(21)15(17)11-20/h7-10H,1-6H2,(H2,21,22). The van der Waals surface area contributed by atoms with Crippen molar-refractivity contribution in [3.63, 3.8) is 0 Å². The molecule has 1 aliphatic carbocycles. The highest BCUT2D eigenvalue weighted by Crippen LogP contribution is 2.35. The van der Waals surface area contributed by atoms with Crippen LogP contribution in [0, 0.1) is 11.3 Å². The molecule has 3 nitrogen and oxygen atoms in total. The minimum absolute atomic E-state index is 0.361. The summed E-state index contributed by atoms with van der Waals surface area (Å²) in [5, 5.41) is 9.56. The molecule has 0 amide bonds. The molecule has 0 atom stereocenters. The molecule has 22 heavy (non-hydrogen) atoms. The number of anilines is 1. The van der Waals surface area contributed by atoms with Crippen LogP contribution in [-0.2, 0) is 12.8 Å². The van der Waals surface area contributed by atoms with Gasteiger partial charge in [0.2, 0.25) is 0 Å². The summed E-state index contributed by atoms with van der Waals surface area (Å²) >= 11 is 3.46. The zero-order valence-electron chi connectivity index (χ0n) is 12.4. The minimum atomic E-state index is 0.361. The summed E-state index contributed by atoms with van der Waals surface area (Å²) in [5.41, 5.74) is 10.9. The highest BCUT2D eigenvalue weighted by atomic mass is 79.9. The van der Waals surface area contributed by atoms with Gasteiger partial charge in [-0.1, -0.05) is 40.9 Å². The maximum Gasteiger partial charge on any atom is 0.142 e. The maximum atomic E-state index is 9.56. The van der Waals surface area contributed by atoms with Gasteiger partial charge in [-0.3, -0.25) is 0 Å². The Kier molecular flexibility index (Phi) is 4.44. The van der Waals surface area contributed by atoms with E-state index >= 15 is 0 Å². The van der Waals surface area contributed by atoms with Gasteiger partial charge in [-0.15, -0.1) is 0 Å². The van der Waals surface area contributed by atoms with Gasteiger partial charge in [-0.2, -0.15) is 5.26 Å². The zero-order chi connectivity index (χ0) is 15.5. The number of benzene rings is 1. The van der Waals surface area contributed by atoms with Gasteiger partial charge in [0.05, 0.1) is 0 Å². The predicted molar refractivity (Wildman–Crippen MR) is 92.4 cm³/mol. The molecule has 0 spiro atoms. The van der Waals surface area contributed by atoms with E-state index in [2.05, 4.69) is 27.0 Å². The Labute approximate surface area is 139 Å². The van der Waals surface area contributed by atoms with Crippen LogP contribution >= 0.6 is 15.9 Å². The second kappa shape index (κ2) is 6.50. The Bertz CT molecular complexity index is 729. The van der Waals surface area contributed by atoms with Crippen molar-refractivity contribution in [2.24, 2.45) is 0 Å². The summed E-state index contributed by atoms with van der Waals surface area (Å²) in [5.74, 6) is 0.361. The molecule has 0 unspecified atom stereocenters. The van der Waals surface area contributed by atoms with E-state index in [0.29, 0.717) is 11.4 Å². The fourth-order valence-electron chi connectivity index (χ4n) is 3.16. The first-order chi connectivity index (χ1) is 10.7. The Hall–Kier alpha value is -1.86. The third-order valence-electron chi connectivity index (χ3n) is 4.25. The Morgan fingerprint density at radius 2 is 1.73 bits per heavy atom. The number of hydrogen-bond acceptors (Lipinski definition) is 3. The summed E-state index contributed by atoms with van der Waals surface area (Å²) in [7, 11) is 0. The number of rotatable bonds is 1. The molecular weight excluding hydrogens is 338 g/mol. The van der Waals surface area contributed by atoms with E-state index < -0.39 is 0 Å². The molecule has 1 aliphatic rings. The molecule has 0 aliphatic heterocycles. The number of hydrogen-bond donors (Lipinski definition) is 1. The fourth-order valence-corrected chi connectivity index (χ4v) is 3.43. The number of pyridine rings is 1. The van der Waals surface area contributed by atoms with E-state index in [4.69, 9.17) is 5.73 Å². The van der Waals surface area contributed by atoms with Crippen LogP contribution in [0.2, 0.25) is 0 Å². The predicted octanol–water partition coefficient (Wildman–Crippen LogP) is 4.62. The maximum absolute atomic E-state index is 9.56. The van der Waals surface area contributed by atoms with Crippen molar-refractivity contribution in [2.45, 2.75) is 38.5 Å². The Balaban J connectivity index is 2.25. The molecule has 2 N–H and O–H groups in total. The molecule has 112 valence electrons. The van der Waals surface area contributed by atoms with Gasteiger partial charge in [0.25, 0.3) is 0 Å². The lowest BCUT2D eigenvalue weighted by Crippen LogP contribution is -2.10. The second-order valence-electron chi connectivity index (χ2n) is 5.71. The normalized spacial score (nSPS) is 14.5. The number of nitrogens with zero attached hydrogens (tertiary/aromatic N) is 2. The quantitative estimate of drug-likeness (QED) is 0.811. The van der Waals surface area contributed by atoms with Crippen molar-refractivity contribution < 1.29 is 0 Å². The van der Waals surface area contributed by atoms with Crippen LogP contribution in [0.25, 0.3) is 11.1 Å². The first-order valence-electron chi connectivity index (χ1n) is 7.68. The molecule has 2 aromatic rings. The van der Waals surface area contributed by atoms with Crippen molar-refractivity contribution >= 4 is 21.7 Å². The first-order valence-corrected chi connectivity index (χ1v) is 8.47. The van der Waals surface area contributed by atoms with Gasteiger partial charge in [0, 0.05) is 15.7 Å². The van der Waals surface area contributed by atoms with E-state index in [1.54, 1.807) is 0 Å². The van der Waals surface area contributed by atoms with Gasteiger partial charge in [-0.25, -0.2) is 4.98 Å². The first kappa shape index (κ1) is 15.1. The summed E-state index contributed by atoms with van der Waals surface area (Å²) in [4.78, 5) is 4.54. The lowest BCUT2D eigenvalue weighted by molar-refractivity contribution is 0.610. The summed E-state index contributed by atoms with van der Waals surface area (Å²) in [6, 6.07) is 10.3. The number of aryl methyl sites for hydroxylation is 1. The highest BCUT2D eigenvalue weighted by molar-refractivity contribution is 9.10. The van der Waals surface area contributed by atoms with Gasteiger partial charge < -0.3 is 5.73 Å². The fraction of sp³-hybridized carbons (Fsp3) is 0.333. The topological polar surface area (TPSA) is 62.7 Å². The Morgan fingerprint density at radius 1 is 1.05 bits per heavy atom. The molecular formula is C18H18BrN3. The van der Waals surface area contributed by atoms with Crippen LogP contribution < -0.4 is 5.73 Å². The molecule has 0 fully saturated rings.